The molecule has 29 heavy (non-hydrogen) atoms. The maximum Gasteiger partial charge on any atom is 0.342 e. The van der Waals surface area contributed by atoms with E-state index in [0.717, 1.165) is 10.8 Å². The van der Waals surface area contributed by atoms with Gasteiger partial charge >= 0.3 is 5.97 Å². The van der Waals surface area contributed by atoms with E-state index in [9.17, 15) is 14.4 Å². The van der Waals surface area contributed by atoms with Gasteiger partial charge in [0.25, 0.3) is 0 Å². The molecular formula is C23H23NO5. The molecule has 1 aromatic heterocycles. The van der Waals surface area contributed by atoms with E-state index < -0.39 is 17.9 Å². The first-order valence-electron chi connectivity index (χ1n) is 9.26. The van der Waals surface area contributed by atoms with Crippen molar-refractivity contribution in [2.24, 2.45) is 0 Å². The largest absolute Gasteiger partial charge is 0.496 e. The van der Waals surface area contributed by atoms with Crippen LogP contribution in [0, 0.1) is 13.8 Å². The summed E-state index contributed by atoms with van der Waals surface area (Å²) in [5.41, 5.74) is 2.19. The minimum Gasteiger partial charge on any atom is -0.496 e. The van der Waals surface area contributed by atoms with Gasteiger partial charge in [0.05, 0.1) is 12.8 Å². The average molecular weight is 393 g/mol. The molecule has 0 saturated carbocycles. The van der Waals surface area contributed by atoms with E-state index in [1.807, 2.05) is 24.3 Å². The number of esters is 1. The summed E-state index contributed by atoms with van der Waals surface area (Å²) in [6.45, 7) is 6.40. The monoisotopic (exact) mass is 393 g/mol. The predicted octanol–water partition coefficient (Wildman–Crippen LogP) is 4.42. The highest BCUT2D eigenvalue weighted by Crippen LogP contribution is 2.27. The fraction of sp³-hybridized carbons (Fsp3) is 0.261. The van der Waals surface area contributed by atoms with Crippen LogP contribution in [0.15, 0.2) is 36.4 Å². The summed E-state index contributed by atoms with van der Waals surface area (Å²) in [5.74, 6) is -0.799. The fourth-order valence-corrected chi connectivity index (χ4v) is 3.55. The molecule has 0 spiro atoms. The summed E-state index contributed by atoms with van der Waals surface area (Å²) in [6, 6.07) is 11.0. The number of carbonyl (C=O) groups is 3. The SMILES string of the molecule is COc1cc2ccccc2cc1C(=O)O[C@@H](C)C(=O)c1[nH]c(C)c(C(C)=O)c1C. The number of ketones is 2. The molecule has 0 unspecified atom stereocenters. The summed E-state index contributed by atoms with van der Waals surface area (Å²) in [7, 11) is 1.48. The molecule has 0 bridgehead atoms. The molecule has 150 valence electrons. The molecule has 1 heterocycles. The number of aryl methyl sites for hydroxylation is 1. The molecule has 0 aliphatic heterocycles. The number of fused-ring (bicyclic) bond motifs is 1. The lowest BCUT2D eigenvalue weighted by Crippen LogP contribution is -2.25. The lowest BCUT2D eigenvalue weighted by Gasteiger charge is -2.14. The highest BCUT2D eigenvalue weighted by Gasteiger charge is 2.27. The molecule has 0 radical (unpaired) electrons. The number of nitrogens with one attached hydrogen (secondary N) is 1. The molecule has 2 aromatic carbocycles. The third-order valence-corrected chi connectivity index (χ3v) is 4.98. The van der Waals surface area contributed by atoms with Gasteiger partial charge in [0.2, 0.25) is 5.78 Å². The first-order chi connectivity index (χ1) is 13.7. The van der Waals surface area contributed by atoms with Crippen molar-refractivity contribution in [3.8, 4) is 5.75 Å². The zero-order valence-electron chi connectivity index (χ0n) is 17.1. The number of ether oxygens (including phenoxy) is 2. The summed E-state index contributed by atoms with van der Waals surface area (Å²) >= 11 is 0. The van der Waals surface area contributed by atoms with Crippen LogP contribution in [0.1, 0.15) is 56.3 Å². The van der Waals surface area contributed by atoms with Gasteiger partial charge in [-0.2, -0.15) is 0 Å². The maximum atomic E-state index is 12.8. The molecule has 0 amide bonds. The van der Waals surface area contributed by atoms with Crippen LogP contribution < -0.4 is 4.74 Å². The van der Waals surface area contributed by atoms with Crippen LogP contribution >= 0.6 is 0 Å². The number of Topliss-reactive ketones (excluding diaryl/α,β-unsaturated/α-hetero) is 2. The molecular weight excluding hydrogens is 370 g/mol. The molecule has 0 aliphatic carbocycles. The molecule has 6 heteroatoms. The van der Waals surface area contributed by atoms with E-state index in [1.165, 1.54) is 21.0 Å². The van der Waals surface area contributed by atoms with Crippen molar-refractivity contribution in [3.05, 3.63) is 64.5 Å². The smallest absolute Gasteiger partial charge is 0.342 e. The van der Waals surface area contributed by atoms with Crippen LogP contribution in [-0.4, -0.2) is 35.7 Å². The van der Waals surface area contributed by atoms with E-state index in [2.05, 4.69) is 4.98 Å². The topological polar surface area (TPSA) is 85.5 Å². The Hall–Kier alpha value is -3.41. The van der Waals surface area contributed by atoms with Crippen molar-refractivity contribution in [1.29, 1.82) is 0 Å². The Kier molecular flexibility index (Phi) is 5.55. The molecule has 0 saturated heterocycles. The predicted molar refractivity (Wildman–Crippen MR) is 110 cm³/mol. The van der Waals surface area contributed by atoms with Gasteiger partial charge < -0.3 is 14.5 Å². The Balaban J connectivity index is 1.87. The van der Waals surface area contributed by atoms with Crippen molar-refractivity contribution in [2.75, 3.05) is 7.11 Å². The number of rotatable bonds is 6. The number of hydrogen-bond donors (Lipinski definition) is 1. The zero-order valence-corrected chi connectivity index (χ0v) is 17.1. The number of benzene rings is 2. The van der Waals surface area contributed by atoms with Crippen molar-refractivity contribution < 1.29 is 23.9 Å². The van der Waals surface area contributed by atoms with Gasteiger partial charge in [-0.15, -0.1) is 0 Å². The van der Waals surface area contributed by atoms with Crippen molar-refractivity contribution in [1.82, 2.24) is 4.98 Å². The van der Waals surface area contributed by atoms with Crippen LogP contribution in [0.3, 0.4) is 0 Å². The molecule has 6 nitrogen and oxygen atoms in total. The molecule has 1 atom stereocenters. The molecule has 1 N–H and O–H groups in total. The Bertz CT molecular complexity index is 1130. The molecule has 3 aromatic rings. The number of aromatic amines is 1. The fourth-order valence-electron chi connectivity index (χ4n) is 3.55. The van der Waals surface area contributed by atoms with Crippen LogP contribution in [0.4, 0.5) is 0 Å². The van der Waals surface area contributed by atoms with Gasteiger partial charge in [-0.05, 0) is 56.2 Å². The van der Waals surface area contributed by atoms with Gasteiger partial charge in [-0.3, -0.25) is 9.59 Å². The quantitative estimate of drug-likeness (QED) is 0.495. The zero-order chi connectivity index (χ0) is 21.3. The van der Waals surface area contributed by atoms with E-state index in [-0.39, 0.29) is 17.0 Å². The Morgan fingerprint density at radius 3 is 2.21 bits per heavy atom. The third-order valence-electron chi connectivity index (χ3n) is 4.98. The third kappa shape index (κ3) is 3.78. The second-order valence-corrected chi connectivity index (χ2v) is 6.99. The summed E-state index contributed by atoms with van der Waals surface area (Å²) in [4.78, 5) is 40.3. The van der Waals surface area contributed by atoms with E-state index >= 15 is 0 Å². The van der Waals surface area contributed by atoms with Gasteiger partial charge in [0, 0.05) is 11.3 Å². The average Bonchev–Trinajstić information content (AvgIpc) is 3.00. The Morgan fingerprint density at radius 2 is 1.66 bits per heavy atom. The van der Waals surface area contributed by atoms with Crippen molar-refractivity contribution in [2.45, 2.75) is 33.8 Å². The first-order valence-corrected chi connectivity index (χ1v) is 9.26. The summed E-state index contributed by atoms with van der Waals surface area (Å²) < 4.78 is 10.8. The highest BCUT2D eigenvalue weighted by molar-refractivity contribution is 6.06. The normalized spacial score (nSPS) is 11.9. The van der Waals surface area contributed by atoms with Gasteiger partial charge in [0.1, 0.15) is 11.3 Å². The second kappa shape index (κ2) is 7.91. The van der Waals surface area contributed by atoms with Crippen LogP contribution in [0.25, 0.3) is 10.8 Å². The highest BCUT2D eigenvalue weighted by atomic mass is 16.5. The lowest BCUT2D eigenvalue weighted by molar-refractivity contribution is 0.0314. The molecule has 3 rings (SSSR count). The lowest BCUT2D eigenvalue weighted by atomic mass is 10.0. The summed E-state index contributed by atoms with van der Waals surface area (Å²) in [6.07, 6.45) is -1.03. The van der Waals surface area contributed by atoms with E-state index in [1.54, 1.807) is 26.0 Å². The van der Waals surface area contributed by atoms with Crippen LogP contribution in [0.2, 0.25) is 0 Å². The molecule has 0 fully saturated rings. The number of carbonyl (C=O) groups excluding carboxylic acids is 3. The maximum absolute atomic E-state index is 12.8. The minimum atomic E-state index is -1.03. The van der Waals surface area contributed by atoms with Crippen molar-refractivity contribution in [3.63, 3.8) is 0 Å². The van der Waals surface area contributed by atoms with Crippen molar-refractivity contribution >= 4 is 28.3 Å². The summed E-state index contributed by atoms with van der Waals surface area (Å²) in [5, 5.41) is 1.79. The van der Waals surface area contributed by atoms with Gasteiger partial charge in [-0.1, -0.05) is 24.3 Å². The second-order valence-electron chi connectivity index (χ2n) is 6.99. The van der Waals surface area contributed by atoms with Gasteiger partial charge in [-0.25, -0.2) is 4.79 Å². The number of aromatic nitrogens is 1. The Labute approximate surface area is 168 Å². The first kappa shape index (κ1) is 20.3. The minimum absolute atomic E-state index is 0.124. The Morgan fingerprint density at radius 1 is 1.03 bits per heavy atom. The van der Waals surface area contributed by atoms with Gasteiger partial charge in [0.15, 0.2) is 11.9 Å². The van der Waals surface area contributed by atoms with Crippen LogP contribution in [-0.2, 0) is 4.74 Å². The standard InChI is InChI=1S/C23H23NO5/c1-12-20(14(3)25)13(2)24-21(12)22(26)15(4)29-23(27)18-10-16-8-6-7-9-17(16)11-19(18)28-5/h6-11,15,24H,1-5H3/t15-/m0/s1. The van der Waals surface area contributed by atoms with E-state index in [0.29, 0.717) is 22.6 Å². The van der Waals surface area contributed by atoms with Crippen LogP contribution in [0.5, 0.6) is 5.75 Å². The number of methoxy groups -OCH3 is 1. The molecule has 0 aliphatic rings. The number of hydrogen-bond acceptors (Lipinski definition) is 5. The number of H-pyrrole nitrogens is 1. The van der Waals surface area contributed by atoms with E-state index in [4.69, 9.17) is 9.47 Å².